The molecular weight excluding hydrogens is 591 g/mol. The number of nitrogens with one attached hydrogen (secondary N) is 2. The van der Waals surface area contributed by atoms with Crippen LogP contribution in [0.15, 0.2) is 29.7 Å². The van der Waals surface area contributed by atoms with Crippen LogP contribution in [0.2, 0.25) is 0 Å². The van der Waals surface area contributed by atoms with Crippen LogP contribution in [0.1, 0.15) is 25.5 Å². The van der Waals surface area contributed by atoms with Gasteiger partial charge in [0.05, 0.1) is 25.1 Å². The molecule has 216 valence electrons. The van der Waals surface area contributed by atoms with Gasteiger partial charge in [-0.05, 0) is 6.42 Å². The number of hydrogen-bond donors (Lipinski definition) is 4. The quantitative estimate of drug-likeness (QED) is 0.230. The van der Waals surface area contributed by atoms with Gasteiger partial charge in [-0.3, -0.25) is 23.4 Å². The topological polar surface area (TPSA) is 225 Å². The predicted molar refractivity (Wildman–Crippen MR) is 139 cm³/mol. The van der Waals surface area contributed by atoms with Crippen LogP contribution >= 0.6 is 19.0 Å². The number of nitrogen functional groups attached to an aromatic ring is 1. The molecule has 0 aromatic carbocycles. The van der Waals surface area contributed by atoms with E-state index >= 15 is 0 Å². The first-order chi connectivity index (χ1) is 19.1. The van der Waals surface area contributed by atoms with E-state index in [-0.39, 0.29) is 36.7 Å². The van der Waals surface area contributed by atoms with Crippen molar-refractivity contribution in [1.82, 2.24) is 34.2 Å². The van der Waals surface area contributed by atoms with Crippen LogP contribution in [0.4, 0.5) is 5.95 Å². The van der Waals surface area contributed by atoms with Crippen molar-refractivity contribution in [2.45, 2.75) is 49.9 Å². The number of rotatable bonds is 3. The second-order valence-corrected chi connectivity index (χ2v) is 13.8. The first-order valence-electron chi connectivity index (χ1n) is 12.2. The van der Waals surface area contributed by atoms with Gasteiger partial charge in [-0.25, -0.2) is 23.7 Å². The molecule has 7 atom stereocenters. The zero-order valence-electron chi connectivity index (χ0n) is 20.6. The van der Waals surface area contributed by atoms with Crippen LogP contribution in [0.3, 0.4) is 0 Å². The summed E-state index contributed by atoms with van der Waals surface area (Å²) in [6, 6.07) is 1.59. The van der Waals surface area contributed by atoms with Gasteiger partial charge >= 0.3 is 17.1 Å². The van der Waals surface area contributed by atoms with E-state index in [2.05, 4.69) is 41.9 Å². The SMILES string of the molecule is Nc1nc2c(ncn2[C@H]2O[C@@H]3CO[P@](=O)(S)O[C@H]4C[C@H](Oc5ccncn5)C[C@@H]4CNS(=O)(=O)O[C@@H]2C3)c(=O)[nH]1. The summed E-state index contributed by atoms with van der Waals surface area (Å²) in [6.07, 6.45) is 0.777. The summed E-state index contributed by atoms with van der Waals surface area (Å²) >= 11 is 4.14. The van der Waals surface area contributed by atoms with Crippen LogP contribution in [0, 0.1) is 5.92 Å². The minimum absolute atomic E-state index is 0.0223. The van der Waals surface area contributed by atoms with Crippen LogP contribution in [0.5, 0.6) is 5.88 Å². The van der Waals surface area contributed by atoms with E-state index in [1.807, 2.05) is 0 Å². The van der Waals surface area contributed by atoms with E-state index in [0.717, 1.165) is 0 Å². The molecule has 0 radical (unpaired) electrons. The number of aromatic nitrogens is 6. The van der Waals surface area contributed by atoms with E-state index in [4.69, 9.17) is 28.4 Å². The fourth-order valence-corrected chi connectivity index (χ4v) is 7.63. The highest BCUT2D eigenvalue weighted by atomic mass is 32.7. The number of ether oxygens (including phenoxy) is 2. The van der Waals surface area contributed by atoms with E-state index < -0.39 is 59.2 Å². The molecule has 3 aliphatic rings. The van der Waals surface area contributed by atoms with E-state index in [1.165, 1.54) is 23.4 Å². The first kappa shape index (κ1) is 27.5. The third kappa shape index (κ3) is 5.87. The molecule has 3 aromatic heterocycles. The number of imidazole rings is 1. The zero-order valence-corrected chi connectivity index (χ0v) is 23.2. The summed E-state index contributed by atoms with van der Waals surface area (Å²) in [5.74, 6) is -0.267. The number of nitrogens with two attached hydrogens (primary N) is 1. The molecule has 17 nitrogen and oxygen atoms in total. The van der Waals surface area contributed by atoms with E-state index in [1.54, 1.807) is 6.07 Å². The lowest BCUT2D eigenvalue weighted by Gasteiger charge is -2.25. The largest absolute Gasteiger partial charge is 0.474 e. The number of H-pyrrole nitrogens is 1. The molecule has 2 bridgehead atoms. The molecule has 1 saturated carbocycles. The van der Waals surface area contributed by atoms with Crippen LogP contribution in [-0.2, 0) is 32.8 Å². The van der Waals surface area contributed by atoms with Crippen LogP contribution in [-0.4, -0.2) is 75.5 Å². The standard InChI is InChI=1S/C20H25N8O9PS2/c21-20-26-17-16(18(29)27-20)24-9-28(17)19-14-5-12(35-19)7-33-38(30,39)36-13-4-11(34-15-1-2-22-8-23-15)3-10(13)6-25-40(31,32)37-14/h1-2,8-14,19,25H,3-7H2,(H,30,39)(H3,21,26,27,29)/t10-,11-,12+,13+,14-,19+,38+/m1/s1. The van der Waals surface area contributed by atoms with Gasteiger partial charge in [0.2, 0.25) is 11.8 Å². The molecule has 0 spiro atoms. The molecule has 6 rings (SSSR count). The Morgan fingerprint density at radius 1 is 1.23 bits per heavy atom. The Hall–Kier alpha value is -2.64. The van der Waals surface area contributed by atoms with Crippen molar-refractivity contribution >= 4 is 46.5 Å². The van der Waals surface area contributed by atoms with Crippen molar-refractivity contribution in [3.05, 3.63) is 35.3 Å². The second-order valence-electron chi connectivity index (χ2n) is 9.52. The fourth-order valence-electron chi connectivity index (χ4n) is 5.07. The molecule has 1 aliphatic carbocycles. The minimum Gasteiger partial charge on any atom is -0.474 e. The highest BCUT2D eigenvalue weighted by molar-refractivity contribution is 8.44. The maximum Gasteiger partial charge on any atom is 0.386 e. The van der Waals surface area contributed by atoms with Crippen molar-refractivity contribution < 1.29 is 35.7 Å². The summed E-state index contributed by atoms with van der Waals surface area (Å²) in [5, 5.41) is 0. The van der Waals surface area contributed by atoms with Gasteiger partial charge in [0, 0.05) is 37.6 Å². The molecule has 20 heteroatoms. The normalized spacial score (nSPS) is 34.4. The van der Waals surface area contributed by atoms with Crippen molar-refractivity contribution in [3.63, 3.8) is 0 Å². The van der Waals surface area contributed by atoms with Crippen LogP contribution in [0.25, 0.3) is 11.2 Å². The summed E-state index contributed by atoms with van der Waals surface area (Å²) in [6.45, 7) is -4.25. The van der Waals surface area contributed by atoms with E-state index in [0.29, 0.717) is 18.7 Å². The van der Waals surface area contributed by atoms with Gasteiger partial charge in [0.1, 0.15) is 18.5 Å². The van der Waals surface area contributed by atoms with Gasteiger partial charge in [-0.2, -0.15) is 18.1 Å². The molecule has 40 heavy (non-hydrogen) atoms. The Morgan fingerprint density at radius 2 is 2.08 bits per heavy atom. The molecular formula is C20H25N8O9PS2. The maximum atomic E-state index is 13.2. The smallest absolute Gasteiger partial charge is 0.386 e. The lowest BCUT2D eigenvalue weighted by Crippen LogP contribution is -2.37. The number of thiol groups is 1. The molecule has 2 aliphatic heterocycles. The lowest BCUT2D eigenvalue weighted by molar-refractivity contribution is -0.0419. The predicted octanol–water partition coefficient (Wildman–Crippen LogP) is 0.310. The lowest BCUT2D eigenvalue weighted by atomic mass is 10.1. The van der Waals surface area contributed by atoms with Gasteiger partial charge in [0.25, 0.3) is 5.56 Å². The Bertz CT molecular complexity index is 1610. The first-order valence-corrected chi connectivity index (χ1v) is 16.3. The highest BCUT2D eigenvalue weighted by Gasteiger charge is 2.45. The maximum absolute atomic E-state index is 13.2. The number of anilines is 1. The van der Waals surface area contributed by atoms with E-state index in [9.17, 15) is 17.8 Å². The minimum atomic E-state index is -4.32. The third-order valence-electron chi connectivity index (χ3n) is 6.76. The van der Waals surface area contributed by atoms with Crippen LogP contribution < -0.4 is 20.8 Å². The summed E-state index contributed by atoms with van der Waals surface area (Å²) in [7, 11) is -4.32. The Kier molecular flexibility index (Phi) is 7.32. The molecule has 2 saturated heterocycles. The number of fused-ring (bicyclic) bond motifs is 4. The van der Waals surface area contributed by atoms with Crippen molar-refractivity contribution in [3.8, 4) is 5.88 Å². The average Bonchev–Trinajstić information content (AvgIpc) is 3.58. The molecule has 0 unspecified atom stereocenters. The molecule has 3 fully saturated rings. The average molecular weight is 617 g/mol. The highest BCUT2D eigenvalue weighted by Crippen LogP contribution is 2.57. The Labute approximate surface area is 232 Å². The summed E-state index contributed by atoms with van der Waals surface area (Å²) in [5.41, 5.74) is 5.17. The number of nitrogens with zero attached hydrogens (tertiary/aromatic N) is 5. The van der Waals surface area contributed by atoms with Gasteiger partial charge in [-0.15, -0.1) is 0 Å². The Morgan fingerprint density at radius 3 is 2.88 bits per heavy atom. The van der Waals surface area contributed by atoms with Gasteiger partial charge in [0.15, 0.2) is 17.4 Å². The van der Waals surface area contributed by atoms with Gasteiger partial charge in [-0.1, -0.05) is 12.2 Å². The van der Waals surface area contributed by atoms with Gasteiger partial charge < -0.3 is 15.2 Å². The van der Waals surface area contributed by atoms with Crippen molar-refractivity contribution in [1.29, 1.82) is 0 Å². The molecule has 5 heterocycles. The molecule has 0 amide bonds. The zero-order chi connectivity index (χ0) is 28.1. The third-order valence-corrected chi connectivity index (χ3v) is 9.43. The summed E-state index contributed by atoms with van der Waals surface area (Å²) < 4.78 is 71.8. The van der Waals surface area contributed by atoms with Crippen molar-refractivity contribution in [2.24, 2.45) is 5.92 Å². The molecule has 4 N–H and O–H groups in total. The Balaban J connectivity index is 1.25. The van der Waals surface area contributed by atoms with Crippen molar-refractivity contribution in [2.75, 3.05) is 18.9 Å². The number of hydrogen-bond acceptors (Lipinski definition) is 14. The number of aromatic amines is 1. The monoisotopic (exact) mass is 616 g/mol. The second kappa shape index (κ2) is 10.6. The molecule has 3 aromatic rings. The fraction of sp³-hybridized carbons (Fsp3) is 0.550. The summed E-state index contributed by atoms with van der Waals surface area (Å²) in [4.78, 5) is 30.6.